The van der Waals surface area contributed by atoms with E-state index in [1.807, 2.05) is 77.9 Å². The van der Waals surface area contributed by atoms with Crippen LogP contribution < -0.4 is 16.1 Å². The average Bonchev–Trinajstić information content (AvgIpc) is 2.75. The van der Waals surface area contributed by atoms with Crippen molar-refractivity contribution in [1.29, 1.82) is 0 Å². The number of hydrogen-bond acceptors (Lipinski definition) is 3. The summed E-state index contributed by atoms with van der Waals surface area (Å²) in [6.45, 7) is 12.1. The summed E-state index contributed by atoms with van der Waals surface area (Å²) in [4.78, 5) is 12.2. The normalized spacial score (nSPS) is 17.6. The molecule has 0 unspecified atom stereocenters. The number of benzene rings is 2. The monoisotopic (exact) mass is 366 g/mol. The molecule has 0 atom stereocenters. The highest BCUT2D eigenvalue weighted by atomic mass is 16.7. The molecule has 2 N–H and O–H groups in total. The van der Waals surface area contributed by atoms with Gasteiger partial charge in [-0.25, -0.2) is 4.79 Å². The Bertz CT molecular complexity index is 811. The fourth-order valence-corrected chi connectivity index (χ4v) is 3.04. The second kappa shape index (κ2) is 7.02. The molecule has 2 aromatic carbocycles. The standard InChI is InChI=1S/C21H27BN2O3/c1-14-11-15(2)13-18(12-14)24-19(25)23-17-9-7-16(8-10-17)22-26-20(3,4)21(5,6)27-22/h7-13H,1-6H3,(H2,23,24,25). The Balaban J connectivity index is 1.63. The molecule has 0 saturated carbocycles. The minimum absolute atomic E-state index is 0.275. The maximum absolute atomic E-state index is 12.2. The second-order valence-electron chi connectivity index (χ2n) is 8.17. The highest BCUT2D eigenvalue weighted by Gasteiger charge is 2.51. The van der Waals surface area contributed by atoms with Crippen molar-refractivity contribution in [2.75, 3.05) is 10.6 Å². The Labute approximate surface area is 161 Å². The minimum Gasteiger partial charge on any atom is -0.399 e. The van der Waals surface area contributed by atoms with Crippen molar-refractivity contribution in [3.63, 3.8) is 0 Å². The molecule has 2 amide bonds. The summed E-state index contributed by atoms with van der Waals surface area (Å²) in [5, 5.41) is 5.71. The summed E-state index contributed by atoms with van der Waals surface area (Å²) in [6, 6.07) is 13.2. The Hall–Kier alpha value is -2.31. The van der Waals surface area contributed by atoms with E-state index < -0.39 is 7.12 Å². The Morgan fingerprint density at radius 3 is 1.81 bits per heavy atom. The van der Waals surface area contributed by atoms with Gasteiger partial charge >= 0.3 is 13.1 Å². The van der Waals surface area contributed by atoms with Crippen LogP contribution in [-0.4, -0.2) is 24.4 Å². The van der Waals surface area contributed by atoms with Gasteiger partial charge in [0.25, 0.3) is 0 Å². The fourth-order valence-electron chi connectivity index (χ4n) is 3.04. The first kappa shape index (κ1) is 19.5. The molecule has 5 nitrogen and oxygen atoms in total. The number of urea groups is 1. The molecule has 0 aromatic heterocycles. The molecule has 0 bridgehead atoms. The van der Waals surface area contributed by atoms with E-state index in [9.17, 15) is 4.79 Å². The van der Waals surface area contributed by atoms with Gasteiger partial charge in [-0.15, -0.1) is 0 Å². The summed E-state index contributed by atoms with van der Waals surface area (Å²) in [5.41, 5.74) is 3.87. The molecule has 3 rings (SSSR count). The van der Waals surface area contributed by atoms with Gasteiger partial charge in [0.15, 0.2) is 0 Å². The summed E-state index contributed by atoms with van der Waals surface area (Å²) in [7, 11) is -0.409. The third kappa shape index (κ3) is 4.34. The maximum Gasteiger partial charge on any atom is 0.494 e. The average molecular weight is 366 g/mol. The van der Waals surface area contributed by atoms with Crippen LogP contribution in [0.3, 0.4) is 0 Å². The minimum atomic E-state index is -0.409. The van der Waals surface area contributed by atoms with Crippen molar-refractivity contribution in [2.45, 2.75) is 52.7 Å². The molecule has 142 valence electrons. The van der Waals surface area contributed by atoms with Gasteiger partial charge in [0.2, 0.25) is 0 Å². The van der Waals surface area contributed by atoms with E-state index in [1.165, 1.54) is 0 Å². The molecule has 2 aromatic rings. The van der Waals surface area contributed by atoms with Gasteiger partial charge in [-0.3, -0.25) is 0 Å². The molecule has 0 spiro atoms. The van der Waals surface area contributed by atoms with Gasteiger partial charge in [0.1, 0.15) is 0 Å². The lowest BCUT2D eigenvalue weighted by Gasteiger charge is -2.32. The molecule has 6 heteroatoms. The van der Waals surface area contributed by atoms with E-state index >= 15 is 0 Å². The van der Waals surface area contributed by atoms with Crippen LogP contribution in [0.2, 0.25) is 0 Å². The van der Waals surface area contributed by atoms with Crippen LogP contribution >= 0.6 is 0 Å². The first-order valence-corrected chi connectivity index (χ1v) is 9.18. The van der Waals surface area contributed by atoms with Gasteiger partial charge in [-0.2, -0.15) is 0 Å². The lowest BCUT2D eigenvalue weighted by molar-refractivity contribution is 0.00578. The van der Waals surface area contributed by atoms with Crippen molar-refractivity contribution in [3.05, 3.63) is 53.6 Å². The largest absolute Gasteiger partial charge is 0.494 e. The summed E-state index contributed by atoms with van der Waals surface area (Å²) < 4.78 is 12.1. The number of carbonyl (C=O) groups excluding carboxylic acids is 1. The zero-order valence-electron chi connectivity index (χ0n) is 16.8. The van der Waals surface area contributed by atoms with Crippen LogP contribution in [0.4, 0.5) is 16.2 Å². The van der Waals surface area contributed by atoms with Crippen LogP contribution in [0.1, 0.15) is 38.8 Å². The van der Waals surface area contributed by atoms with Gasteiger partial charge in [0.05, 0.1) is 11.2 Å². The van der Waals surface area contributed by atoms with Crippen LogP contribution in [0, 0.1) is 13.8 Å². The number of rotatable bonds is 3. The number of carbonyl (C=O) groups is 1. The summed E-state index contributed by atoms with van der Waals surface area (Å²) >= 11 is 0. The molecule has 1 heterocycles. The lowest BCUT2D eigenvalue weighted by Crippen LogP contribution is -2.41. The van der Waals surface area contributed by atoms with Gasteiger partial charge in [0, 0.05) is 11.4 Å². The molecule has 1 aliphatic heterocycles. The highest BCUT2D eigenvalue weighted by molar-refractivity contribution is 6.62. The highest BCUT2D eigenvalue weighted by Crippen LogP contribution is 2.36. The molecular formula is C21H27BN2O3. The lowest BCUT2D eigenvalue weighted by atomic mass is 9.79. The summed E-state index contributed by atoms with van der Waals surface area (Å²) in [6.07, 6.45) is 0. The van der Waals surface area contributed by atoms with E-state index in [2.05, 4.69) is 16.7 Å². The van der Waals surface area contributed by atoms with Crippen molar-refractivity contribution < 1.29 is 14.1 Å². The van der Waals surface area contributed by atoms with Gasteiger partial charge in [-0.1, -0.05) is 18.2 Å². The maximum atomic E-state index is 12.2. The SMILES string of the molecule is Cc1cc(C)cc(NC(=O)Nc2ccc(B3OC(C)(C)C(C)(C)O3)cc2)c1. The Morgan fingerprint density at radius 2 is 1.30 bits per heavy atom. The van der Waals surface area contributed by atoms with Crippen molar-refractivity contribution in [2.24, 2.45) is 0 Å². The van der Waals surface area contributed by atoms with Crippen molar-refractivity contribution in [3.8, 4) is 0 Å². The van der Waals surface area contributed by atoms with E-state index in [0.29, 0.717) is 5.69 Å². The molecule has 0 radical (unpaired) electrons. The summed E-state index contributed by atoms with van der Waals surface area (Å²) in [5.74, 6) is 0. The number of hydrogen-bond donors (Lipinski definition) is 2. The molecule has 0 aliphatic carbocycles. The second-order valence-corrected chi connectivity index (χ2v) is 8.17. The quantitative estimate of drug-likeness (QED) is 0.799. The molecule has 1 fully saturated rings. The number of nitrogens with one attached hydrogen (secondary N) is 2. The number of aryl methyl sites for hydroxylation is 2. The molecular weight excluding hydrogens is 339 g/mol. The Morgan fingerprint density at radius 1 is 0.815 bits per heavy atom. The predicted octanol–water partition coefficient (Wildman–Crippen LogP) is 4.25. The van der Waals surface area contributed by atoms with Crippen LogP contribution in [0.15, 0.2) is 42.5 Å². The smallest absolute Gasteiger partial charge is 0.399 e. The number of amides is 2. The van der Waals surface area contributed by atoms with Crippen LogP contribution in [0.25, 0.3) is 0 Å². The van der Waals surface area contributed by atoms with Gasteiger partial charge < -0.3 is 19.9 Å². The Kier molecular flexibility index (Phi) is 5.06. The van der Waals surface area contributed by atoms with Crippen LogP contribution in [-0.2, 0) is 9.31 Å². The first-order chi connectivity index (χ1) is 12.6. The zero-order valence-corrected chi connectivity index (χ0v) is 16.8. The van der Waals surface area contributed by atoms with E-state index in [0.717, 1.165) is 22.3 Å². The fraction of sp³-hybridized carbons (Fsp3) is 0.381. The van der Waals surface area contributed by atoms with E-state index in [4.69, 9.17) is 9.31 Å². The molecule has 1 aliphatic rings. The molecule has 27 heavy (non-hydrogen) atoms. The van der Waals surface area contributed by atoms with Crippen molar-refractivity contribution in [1.82, 2.24) is 0 Å². The topological polar surface area (TPSA) is 59.6 Å². The number of anilines is 2. The zero-order chi connectivity index (χ0) is 19.8. The van der Waals surface area contributed by atoms with Crippen molar-refractivity contribution >= 4 is 30.0 Å². The van der Waals surface area contributed by atoms with Crippen LogP contribution in [0.5, 0.6) is 0 Å². The van der Waals surface area contributed by atoms with E-state index in [1.54, 1.807) is 0 Å². The third-order valence-electron chi connectivity index (χ3n) is 5.17. The van der Waals surface area contributed by atoms with E-state index in [-0.39, 0.29) is 17.2 Å². The molecule has 1 saturated heterocycles. The first-order valence-electron chi connectivity index (χ1n) is 9.18. The predicted molar refractivity (Wildman–Crippen MR) is 111 cm³/mol. The third-order valence-corrected chi connectivity index (χ3v) is 5.17. The van der Waals surface area contributed by atoms with Gasteiger partial charge in [-0.05, 0) is 82.4 Å².